The number of pyridine rings is 1. The number of nitrogens with zero attached hydrogens (tertiary/aromatic N) is 5. The fourth-order valence-corrected chi connectivity index (χ4v) is 3.26. The summed E-state index contributed by atoms with van der Waals surface area (Å²) in [6.07, 6.45) is 2.25. The summed E-state index contributed by atoms with van der Waals surface area (Å²) in [6, 6.07) is 3.51. The number of anilines is 3. The number of aryl methyl sites for hydroxylation is 1. The Balaban J connectivity index is 1.99. The quantitative estimate of drug-likeness (QED) is 0.664. The Labute approximate surface area is 162 Å². The maximum absolute atomic E-state index is 13.1. The molecule has 0 unspecified atom stereocenters. The van der Waals surface area contributed by atoms with Crippen LogP contribution in [0.1, 0.15) is 40.6 Å². The lowest BCUT2D eigenvalue weighted by Crippen LogP contribution is -2.30. The summed E-state index contributed by atoms with van der Waals surface area (Å²) in [6.45, 7) is 2.61. The second-order valence-corrected chi connectivity index (χ2v) is 6.92. The molecule has 1 aliphatic rings. The van der Waals surface area contributed by atoms with Crippen molar-refractivity contribution in [2.75, 3.05) is 31.7 Å². The lowest BCUT2D eigenvalue weighted by Gasteiger charge is -2.17. The van der Waals surface area contributed by atoms with Gasteiger partial charge in [0.1, 0.15) is 41.3 Å². The second kappa shape index (κ2) is 7.66. The van der Waals surface area contributed by atoms with Crippen LogP contribution in [0.15, 0.2) is 17.2 Å². The van der Waals surface area contributed by atoms with Crippen molar-refractivity contribution in [3.05, 3.63) is 39.6 Å². The number of rotatable bonds is 6. The van der Waals surface area contributed by atoms with Crippen LogP contribution in [0.4, 0.5) is 17.3 Å². The average Bonchev–Trinajstić information content (AvgIpc) is 2.96. The topological polar surface area (TPSA) is 142 Å². The smallest absolute Gasteiger partial charge is 0.276 e. The fraction of sp³-hybridized carbons (Fsp3) is 0.389. The molecule has 4 N–H and O–H groups in total. The summed E-state index contributed by atoms with van der Waals surface area (Å²) in [5.41, 5.74) is 6.61. The van der Waals surface area contributed by atoms with E-state index in [-0.39, 0.29) is 34.4 Å². The van der Waals surface area contributed by atoms with Gasteiger partial charge in [-0.15, -0.1) is 0 Å². The molecule has 0 spiro atoms. The van der Waals surface area contributed by atoms with Crippen molar-refractivity contribution in [2.45, 2.75) is 25.9 Å². The number of hydrogen-bond donors (Lipinski definition) is 3. The van der Waals surface area contributed by atoms with Crippen LogP contribution in [-0.4, -0.2) is 46.0 Å². The molecule has 3 rings (SSSR count). The molecule has 10 nitrogen and oxygen atoms in total. The van der Waals surface area contributed by atoms with Crippen LogP contribution in [-0.2, 0) is 0 Å². The van der Waals surface area contributed by atoms with Gasteiger partial charge in [-0.1, -0.05) is 0 Å². The lowest BCUT2D eigenvalue weighted by atomic mass is 10.1. The van der Waals surface area contributed by atoms with Gasteiger partial charge in [0, 0.05) is 0 Å². The SMILES string of the molecule is Cc1cc(Nc2ncnc(N)c2C#N)c(=O)n2c1C(=O)N[C@H]2CCCN(C)C. The number of fused-ring (bicyclic) bond motifs is 1. The number of amides is 1. The average molecular weight is 382 g/mol. The van der Waals surface area contributed by atoms with E-state index in [1.54, 1.807) is 13.0 Å². The summed E-state index contributed by atoms with van der Waals surface area (Å²) in [7, 11) is 3.94. The molecule has 0 bridgehead atoms. The zero-order valence-electron chi connectivity index (χ0n) is 16.0. The van der Waals surface area contributed by atoms with Crippen molar-refractivity contribution in [1.82, 2.24) is 24.8 Å². The second-order valence-electron chi connectivity index (χ2n) is 6.92. The van der Waals surface area contributed by atoms with Crippen LogP contribution < -0.4 is 21.9 Å². The van der Waals surface area contributed by atoms with Gasteiger partial charge in [-0.2, -0.15) is 5.26 Å². The van der Waals surface area contributed by atoms with Crippen molar-refractivity contribution in [3.8, 4) is 6.07 Å². The van der Waals surface area contributed by atoms with Gasteiger partial charge in [0.05, 0.1) is 0 Å². The van der Waals surface area contributed by atoms with Crippen molar-refractivity contribution >= 4 is 23.2 Å². The first-order valence-corrected chi connectivity index (χ1v) is 8.82. The van der Waals surface area contributed by atoms with Gasteiger partial charge in [0.25, 0.3) is 11.5 Å². The van der Waals surface area contributed by atoms with Gasteiger partial charge in [0.2, 0.25) is 0 Å². The molecular weight excluding hydrogens is 360 g/mol. The fourth-order valence-electron chi connectivity index (χ4n) is 3.26. The van der Waals surface area contributed by atoms with Crippen molar-refractivity contribution in [1.29, 1.82) is 5.26 Å². The van der Waals surface area contributed by atoms with Crippen LogP contribution in [0, 0.1) is 18.3 Å². The Morgan fingerprint density at radius 2 is 2.14 bits per heavy atom. The zero-order chi connectivity index (χ0) is 20.4. The van der Waals surface area contributed by atoms with Gasteiger partial charge < -0.3 is 21.3 Å². The number of nitriles is 1. The highest BCUT2D eigenvalue weighted by atomic mass is 16.2. The van der Waals surface area contributed by atoms with E-state index in [1.807, 2.05) is 25.1 Å². The Morgan fingerprint density at radius 3 is 2.82 bits per heavy atom. The first-order chi connectivity index (χ1) is 13.3. The molecule has 0 radical (unpaired) electrons. The molecular formula is C18H22N8O2. The van der Waals surface area contributed by atoms with Crippen LogP contribution in [0.5, 0.6) is 0 Å². The Bertz CT molecular complexity index is 1020. The molecule has 3 heterocycles. The minimum Gasteiger partial charge on any atom is -0.382 e. The molecule has 0 fully saturated rings. The molecule has 10 heteroatoms. The predicted octanol–water partition coefficient (Wildman–Crippen LogP) is 0.728. The molecule has 2 aromatic rings. The van der Waals surface area contributed by atoms with E-state index in [4.69, 9.17) is 5.73 Å². The normalized spacial score (nSPS) is 15.2. The summed E-state index contributed by atoms with van der Waals surface area (Å²) in [5, 5.41) is 15.0. The molecule has 28 heavy (non-hydrogen) atoms. The maximum atomic E-state index is 13.1. The van der Waals surface area contributed by atoms with Gasteiger partial charge >= 0.3 is 0 Å². The highest BCUT2D eigenvalue weighted by Crippen LogP contribution is 2.25. The standard InChI is InChI=1S/C18H22N8O2/c1-10-7-12(23-16-11(8-19)15(20)21-9-22-16)18(28)26-13(5-4-6-25(2)3)24-17(27)14(10)26/h7,9,13H,4-6H2,1-3H3,(H,24,27)(H3,20,21,22,23)/t13-/m1/s1. The van der Waals surface area contributed by atoms with Crippen molar-refractivity contribution < 1.29 is 4.79 Å². The van der Waals surface area contributed by atoms with Crippen molar-refractivity contribution in [3.63, 3.8) is 0 Å². The van der Waals surface area contributed by atoms with Gasteiger partial charge in [0.15, 0.2) is 5.82 Å². The zero-order valence-corrected chi connectivity index (χ0v) is 16.0. The molecule has 0 saturated heterocycles. The highest BCUT2D eigenvalue weighted by Gasteiger charge is 2.31. The first kappa shape index (κ1) is 19.3. The third-order valence-corrected chi connectivity index (χ3v) is 4.57. The van der Waals surface area contributed by atoms with Crippen molar-refractivity contribution in [2.24, 2.45) is 0 Å². The number of carbonyl (C=O) groups is 1. The third kappa shape index (κ3) is 3.52. The largest absolute Gasteiger partial charge is 0.382 e. The van der Waals surface area contributed by atoms with E-state index in [0.29, 0.717) is 17.7 Å². The summed E-state index contributed by atoms with van der Waals surface area (Å²) in [4.78, 5) is 35.3. The number of carbonyl (C=O) groups excluding carboxylic acids is 1. The minimum absolute atomic E-state index is 0.0244. The van der Waals surface area contributed by atoms with Crippen LogP contribution in [0.25, 0.3) is 0 Å². The molecule has 146 valence electrons. The molecule has 0 aliphatic carbocycles. The highest BCUT2D eigenvalue weighted by molar-refractivity contribution is 5.96. The van der Waals surface area contributed by atoms with E-state index in [2.05, 4.69) is 20.6 Å². The summed E-state index contributed by atoms with van der Waals surface area (Å²) >= 11 is 0. The Hall–Kier alpha value is -3.45. The molecule has 1 atom stereocenters. The molecule has 2 aromatic heterocycles. The number of nitrogen functional groups attached to an aromatic ring is 1. The van der Waals surface area contributed by atoms with E-state index < -0.39 is 6.17 Å². The van der Waals surface area contributed by atoms with Gasteiger partial charge in [-0.3, -0.25) is 14.2 Å². The Kier molecular flexibility index (Phi) is 5.28. The molecule has 0 aromatic carbocycles. The number of hydrogen-bond acceptors (Lipinski definition) is 8. The summed E-state index contributed by atoms with van der Waals surface area (Å²) < 4.78 is 1.48. The lowest BCUT2D eigenvalue weighted by molar-refractivity contribution is 0.0953. The summed E-state index contributed by atoms with van der Waals surface area (Å²) in [5.74, 6) is -0.0927. The minimum atomic E-state index is -0.415. The van der Waals surface area contributed by atoms with E-state index >= 15 is 0 Å². The monoisotopic (exact) mass is 382 g/mol. The van der Waals surface area contributed by atoms with E-state index in [9.17, 15) is 14.9 Å². The maximum Gasteiger partial charge on any atom is 0.276 e. The molecule has 0 saturated carbocycles. The van der Waals surface area contributed by atoms with Crippen LogP contribution >= 0.6 is 0 Å². The van der Waals surface area contributed by atoms with Gasteiger partial charge in [-0.25, -0.2) is 9.97 Å². The van der Waals surface area contributed by atoms with Crippen LogP contribution in [0.3, 0.4) is 0 Å². The molecule has 1 aliphatic heterocycles. The Morgan fingerprint density at radius 1 is 1.39 bits per heavy atom. The van der Waals surface area contributed by atoms with E-state index in [0.717, 1.165) is 13.0 Å². The van der Waals surface area contributed by atoms with Crippen LogP contribution in [0.2, 0.25) is 0 Å². The number of aromatic nitrogens is 3. The predicted molar refractivity (Wildman–Crippen MR) is 104 cm³/mol. The first-order valence-electron chi connectivity index (χ1n) is 8.82. The molecule has 1 amide bonds. The van der Waals surface area contributed by atoms with Gasteiger partial charge in [-0.05, 0) is 52.0 Å². The van der Waals surface area contributed by atoms with E-state index in [1.165, 1.54) is 10.9 Å². The number of nitrogens with one attached hydrogen (secondary N) is 2. The third-order valence-electron chi connectivity index (χ3n) is 4.57. The number of nitrogens with two attached hydrogens (primary N) is 1.